The molecule has 1 unspecified atom stereocenters. The molecule has 2 aromatic heterocycles. The van der Waals surface area contributed by atoms with Crippen molar-refractivity contribution < 1.29 is 9.90 Å². The largest absolute Gasteiger partial charge is 0.472 e. The Morgan fingerprint density at radius 1 is 1.20 bits per heavy atom. The maximum atomic E-state index is 10.8. The van der Waals surface area contributed by atoms with Gasteiger partial charge in [-0.05, 0) is 54.0 Å². The lowest BCUT2D eigenvalue weighted by Gasteiger charge is -2.42. The van der Waals surface area contributed by atoms with Crippen molar-refractivity contribution in [2.75, 3.05) is 23.7 Å². The number of benzene rings is 1. The zero-order chi connectivity index (χ0) is 24.6. The molecule has 0 radical (unpaired) electrons. The van der Waals surface area contributed by atoms with Crippen LogP contribution in [0, 0.1) is 17.3 Å². The number of piperidine rings is 1. The van der Waals surface area contributed by atoms with E-state index < -0.39 is 5.97 Å². The van der Waals surface area contributed by atoms with Gasteiger partial charge in [-0.1, -0.05) is 35.3 Å². The van der Waals surface area contributed by atoms with Gasteiger partial charge >= 0.3 is 5.97 Å². The predicted molar refractivity (Wildman–Crippen MR) is 135 cm³/mol. The summed E-state index contributed by atoms with van der Waals surface area (Å²) in [5.74, 6) is 4.85. The SMILES string of the molecule is Nc1nccc(Sc2cnc(N3CCC4(CC3)Cc3ccc(C#CC(=O)O)cc3C4N)cn2)c1Cl. The van der Waals surface area contributed by atoms with Crippen molar-refractivity contribution in [3.63, 3.8) is 0 Å². The van der Waals surface area contributed by atoms with Gasteiger partial charge in [0.25, 0.3) is 0 Å². The van der Waals surface area contributed by atoms with Gasteiger partial charge < -0.3 is 21.5 Å². The Morgan fingerprint density at radius 3 is 2.71 bits per heavy atom. The monoisotopic (exact) mass is 506 g/mol. The minimum Gasteiger partial charge on any atom is -0.472 e. The molecule has 1 aromatic carbocycles. The van der Waals surface area contributed by atoms with Crippen molar-refractivity contribution in [1.82, 2.24) is 15.0 Å². The minimum absolute atomic E-state index is 0.0150. The molecule has 3 aromatic rings. The van der Waals surface area contributed by atoms with E-state index in [0.29, 0.717) is 16.4 Å². The molecule has 5 rings (SSSR count). The average Bonchev–Trinajstić information content (AvgIpc) is 3.12. The van der Waals surface area contributed by atoms with Gasteiger partial charge in [0.1, 0.15) is 16.7 Å². The van der Waals surface area contributed by atoms with Gasteiger partial charge in [0.05, 0.1) is 17.4 Å². The van der Waals surface area contributed by atoms with E-state index in [1.165, 1.54) is 17.3 Å². The van der Waals surface area contributed by atoms with E-state index in [1.54, 1.807) is 24.7 Å². The standard InChI is InChI=1S/C25H23ClN6O2S/c26-22-18(5-8-29-24(22)28)35-20-14-30-19(13-31-20)32-9-6-25(7-10-32)12-16-3-1-15(2-4-21(33)34)11-17(16)23(25)27/h1,3,5,8,11,13-14,23H,6-7,9-10,12,27H2,(H2,28,29)(H,33,34). The summed E-state index contributed by atoms with van der Waals surface area (Å²) in [5, 5.41) is 9.96. The Kier molecular flexibility index (Phi) is 6.28. The smallest absolute Gasteiger partial charge is 0.382 e. The highest BCUT2D eigenvalue weighted by Gasteiger charge is 2.46. The molecule has 1 aliphatic heterocycles. The van der Waals surface area contributed by atoms with Gasteiger partial charge in [0.2, 0.25) is 0 Å². The molecule has 35 heavy (non-hydrogen) atoms. The summed E-state index contributed by atoms with van der Waals surface area (Å²) in [6, 6.07) is 7.55. The topological polar surface area (TPSA) is 131 Å². The van der Waals surface area contributed by atoms with Crippen LogP contribution >= 0.6 is 23.4 Å². The summed E-state index contributed by atoms with van der Waals surface area (Å²) < 4.78 is 0. The number of rotatable bonds is 3. The lowest BCUT2D eigenvalue weighted by Crippen LogP contribution is -2.44. The fourth-order valence-electron chi connectivity index (χ4n) is 4.90. The van der Waals surface area contributed by atoms with Gasteiger partial charge in [-0.3, -0.25) is 0 Å². The molecule has 3 heterocycles. The molecular formula is C25H23ClN6O2S. The number of nitrogens with zero attached hydrogens (tertiary/aromatic N) is 4. The van der Waals surface area contributed by atoms with Crippen LogP contribution in [0.1, 0.15) is 35.6 Å². The molecule has 10 heteroatoms. The number of nitrogens with two attached hydrogens (primary N) is 2. The summed E-state index contributed by atoms with van der Waals surface area (Å²) in [7, 11) is 0. The van der Waals surface area contributed by atoms with E-state index in [9.17, 15) is 4.79 Å². The van der Waals surface area contributed by atoms with Crippen LogP contribution in [0.5, 0.6) is 0 Å². The number of anilines is 2. The van der Waals surface area contributed by atoms with Crippen LogP contribution in [0.25, 0.3) is 0 Å². The first-order chi connectivity index (χ1) is 16.8. The number of carboxylic acid groups (broad SMARTS) is 1. The van der Waals surface area contributed by atoms with Crippen molar-refractivity contribution >= 4 is 41.0 Å². The number of hydrogen-bond donors (Lipinski definition) is 3. The molecule has 0 amide bonds. The third kappa shape index (κ3) is 4.65. The highest BCUT2D eigenvalue weighted by molar-refractivity contribution is 7.99. The number of carbonyl (C=O) groups is 1. The van der Waals surface area contributed by atoms with Gasteiger partial charge in [0.15, 0.2) is 0 Å². The molecule has 2 aliphatic rings. The van der Waals surface area contributed by atoms with Crippen molar-refractivity contribution in [3.8, 4) is 11.8 Å². The first-order valence-corrected chi connectivity index (χ1v) is 12.3. The van der Waals surface area contributed by atoms with Crippen LogP contribution in [-0.2, 0) is 11.2 Å². The maximum absolute atomic E-state index is 10.8. The Labute approximate surface area is 212 Å². The first kappa shape index (κ1) is 23.4. The predicted octanol–water partition coefficient (Wildman–Crippen LogP) is 3.54. The Morgan fingerprint density at radius 2 is 2.00 bits per heavy atom. The quantitative estimate of drug-likeness (QED) is 0.456. The summed E-state index contributed by atoms with van der Waals surface area (Å²) >= 11 is 7.63. The molecule has 1 spiro atoms. The van der Waals surface area contributed by atoms with Crippen LogP contribution in [0.2, 0.25) is 5.02 Å². The van der Waals surface area contributed by atoms with Crippen LogP contribution in [0.3, 0.4) is 0 Å². The second-order valence-electron chi connectivity index (χ2n) is 8.80. The molecule has 8 nitrogen and oxygen atoms in total. The van der Waals surface area contributed by atoms with Crippen LogP contribution < -0.4 is 16.4 Å². The number of fused-ring (bicyclic) bond motifs is 1. The van der Waals surface area contributed by atoms with Crippen LogP contribution in [0.15, 0.2) is 52.8 Å². The van der Waals surface area contributed by atoms with Crippen molar-refractivity contribution in [1.29, 1.82) is 0 Å². The molecule has 5 N–H and O–H groups in total. The molecule has 1 saturated heterocycles. The Bertz CT molecular complexity index is 1350. The van der Waals surface area contributed by atoms with Gasteiger partial charge in [-0.15, -0.1) is 0 Å². The minimum atomic E-state index is -1.14. The van der Waals surface area contributed by atoms with Gasteiger partial charge in [-0.25, -0.2) is 19.7 Å². The van der Waals surface area contributed by atoms with E-state index in [1.807, 2.05) is 18.2 Å². The highest BCUT2D eigenvalue weighted by atomic mass is 35.5. The van der Waals surface area contributed by atoms with Crippen LogP contribution in [0.4, 0.5) is 11.6 Å². The first-order valence-electron chi connectivity index (χ1n) is 11.1. The third-order valence-electron chi connectivity index (χ3n) is 6.79. The summed E-state index contributed by atoms with van der Waals surface area (Å²) in [6.45, 7) is 1.67. The normalized spacial score (nSPS) is 18.1. The molecule has 1 fully saturated rings. The molecule has 1 aliphatic carbocycles. The fourth-order valence-corrected chi connectivity index (χ4v) is 5.88. The number of aliphatic carboxylic acids is 1. The molecule has 0 bridgehead atoms. The zero-order valence-corrected chi connectivity index (χ0v) is 20.3. The molecule has 1 atom stereocenters. The van der Waals surface area contributed by atoms with E-state index >= 15 is 0 Å². The average molecular weight is 507 g/mol. The third-order valence-corrected chi connectivity index (χ3v) is 8.28. The van der Waals surface area contributed by atoms with Crippen molar-refractivity contribution in [2.45, 2.75) is 35.2 Å². The summed E-state index contributed by atoms with van der Waals surface area (Å²) in [6.07, 6.45) is 7.93. The fraction of sp³-hybridized carbons (Fsp3) is 0.280. The number of hydrogen-bond acceptors (Lipinski definition) is 8. The van der Waals surface area contributed by atoms with Crippen molar-refractivity contribution in [2.24, 2.45) is 11.1 Å². The lowest BCUT2D eigenvalue weighted by molar-refractivity contribution is -0.130. The van der Waals surface area contributed by atoms with E-state index in [0.717, 1.165) is 53.7 Å². The number of halogens is 1. The number of carboxylic acids is 1. The maximum Gasteiger partial charge on any atom is 0.382 e. The summed E-state index contributed by atoms with van der Waals surface area (Å²) in [4.78, 5) is 26.9. The lowest BCUT2D eigenvalue weighted by atomic mass is 9.73. The molecule has 178 valence electrons. The van der Waals surface area contributed by atoms with Gasteiger partial charge in [-0.2, -0.15) is 0 Å². The number of aromatic nitrogens is 3. The Hall–Kier alpha value is -3.32. The molecular weight excluding hydrogens is 484 g/mol. The number of nitrogen functional groups attached to an aromatic ring is 1. The second-order valence-corrected chi connectivity index (χ2v) is 10.2. The van der Waals surface area contributed by atoms with Gasteiger partial charge in [0, 0.05) is 41.7 Å². The Balaban J connectivity index is 1.25. The van der Waals surface area contributed by atoms with Crippen LogP contribution in [-0.4, -0.2) is 39.1 Å². The number of pyridine rings is 1. The second kappa shape index (κ2) is 9.38. The van der Waals surface area contributed by atoms with E-state index in [4.69, 9.17) is 28.2 Å². The van der Waals surface area contributed by atoms with E-state index in [-0.39, 0.29) is 11.5 Å². The highest BCUT2D eigenvalue weighted by Crippen LogP contribution is 2.51. The summed E-state index contributed by atoms with van der Waals surface area (Å²) in [5.41, 5.74) is 15.5. The zero-order valence-electron chi connectivity index (χ0n) is 18.7. The van der Waals surface area contributed by atoms with E-state index in [2.05, 4.69) is 31.7 Å². The molecule has 0 saturated carbocycles. The van der Waals surface area contributed by atoms with Crippen molar-refractivity contribution in [3.05, 3.63) is 64.6 Å².